The molecule has 0 saturated carbocycles. The number of hydrazine groups is 1. The third-order valence-electron chi connectivity index (χ3n) is 2.88. The molecule has 1 atom stereocenters. The zero-order valence-electron chi connectivity index (χ0n) is 9.59. The van der Waals surface area contributed by atoms with E-state index in [1.54, 1.807) is 0 Å². The molecule has 2 heteroatoms. The minimum absolute atomic E-state index is 0.225. The van der Waals surface area contributed by atoms with E-state index in [1.807, 2.05) is 6.08 Å². The Balaban J connectivity index is 2.90. The van der Waals surface area contributed by atoms with Crippen molar-refractivity contribution in [1.29, 1.82) is 0 Å². The second-order valence-electron chi connectivity index (χ2n) is 3.87. The van der Waals surface area contributed by atoms with Gasteiger partial charge < -0.3 is 0 Å². The molecule has 2 nitrogen and oxygen atoms in total. The van der Waals surface area contributed by atoms with Crippen LogP contribution in [0, 0.1) is 13.8 Å². The first-order valence-corrected chi connectivity index (χ1v) is 5.33. The number of aryl methyl sites for hydroxylation is 1. The maximum Gasteiger partial charge on any atom is 0.0465 e. The standard InChI is InChI=1S/C13H20N2/c1-4-5-9-13(15-14)12-8-6-7-10(2)11(12)3/h4,6-8,13,15H,1,5,9,14H2,2-3H3. The quantitative estimate of drug-likeness (QED) is 0.440. The largest absolute Gasteiger partial charge is 0.271 e. The van der Waals surface area contributed by atoms with Crippen LogP contribution in [0.25, 0.3) is 0 Å². The highest BCUT2D eigenvalue weighted by atomic mass is 15.2. The lowest BCUT2D eigenvalue weighted by atomic mass is 9.95. The van der Waals surface area contributed by atoms with Gasteiger partial charge in [-0.2, -0.15) is 0 Å². The van der Waals surface area contributed by atoms with Crippen molar-refractivity contribution in [1.82, 2.24) is 5.43 Å². The van der Waals surface area contributed by atoms with Gasteiger partial charge in [0, 0.05) is 6.04 Å². The first-order chi connectivity index (χ1) is 7.20. The van der Waals surface area contributed by atoms with Crippen molar-refractivity contribution in [3.05, 3.63) is 47.5 Å². The number of nitrogens with two attached hydrogens (primary N) is 1. The van der Waals surface area contributed by atoms with Crippen LogP contribution in [-0.4, -0.2) is 0 Å². The summed E-state index contributed by atoms with van der Waals surface area (Å²) in [5.41, 5.74) is 6.80. The number of benzene rings is 1. The molecule has 0 spiro atoms. The lowest BCUT2D eigenvalue weighted by Gasteiger charge is -2.18. The Morgan fingerprint density at radius 3 is 2.80 bits per heavy atom. The molecule has 0 aliphatic carbocycles. The fourth-order valence-corrected chi connectivity index (χ4v) is 1.76. The minimum atomic E-state index is 0.225. The van der Waals surface area contributed by atoms with Crippen molar-refractivity contribution in [3.8, 4) is 0 Å². The normalized spacial score (nSPS) is 12.5. The number of rotatable bonds is 5. The van der Waals surface area contributed by atoms with E-state index in [-0.39, 0.29) is 6.04 Å². The Hall–Kier alpha value is -1.12. The third-order valence-corrected chi connectivity index (χ3v) is 2.88. The summed E-state index contributed by atoms with van der Waals surface area (Å²) in [4.78, 5) is 0. The maximum atomic E-state index is 5.58. The molecule has 15 heavy (non-hydrogen) atoms. The summed E-state index contributed by atoms with van der Waals surface area (Å²) in [7, 11) is 0. The number of hydrogen-bond acceptors (Lipinski definition) is 2. The van der Waals surface area contributed by atoms with Crippen LogP contribution in [0.2, 0.25) is 0 Å². The van der Waals surface area contributed by atoms with Crippen molar-refractivity contribution in [2.24, 2.45) is 5.84 Å². The zero-order valence-corrected chi connectivity index (χ0v) is 9.59. The first kappa shape index (κ1) is 12.0. The SMILES string of the molecule is C=CCCC(NN)c1cccc(C)c1C. The van der Waals surface area contributed by atoms with E-state index in [2.05, 4.69) is 44.1 Å². The zero-order chi connectivity index (χ0) is 11.3. The van der Waals surface area contributed by atoms with E-state index in [0.29, 0.717) is 0 Å². The number of nitrogens with one attached hydrogen (secondary N) is 1. The van der Waals surface area contributed by atoms with Crippen molar-refractivity contribution < 1.29 is 0 Å². The molecule has 0 aliphatic heterocycles. The summed E-state index contributed by atoms with van der Waals surface area (Å²) in [6.07, 6.45) is 3.89. The molecule has 1 aromatic rings. The number of hydrogen-bond donors (Lipinski definition) is 2. The molecule has 0 heterocycles. The van der Waals surface area contributed by atoms with Crippen molar-refractivity contribution in [2.45, 2.75) is 32.7 Å². The second-order valence-corrected chi connectivity index (χ2v) is 3.87. The molecule has 0 amide bonds. The van der Waals surface area contributed by atoms with Crippen LogP contribution in [0.5, 0.6) is 0 Å². The van der Waals surface area contributed by atoms with Crippen molar-refractivity contribution in [2.75, 3.05) is 0 Å². The average Bonchev–Trinajstić information content (AvgIpc) is 2.25. The number of allylic oxidation sites excluding steroid dienone is 1. The van der Waals surface area contributed by atoms with Crippen LogP contribution >= 0.6 is 0 Å². The Morgan fingerprint density at radius 2 is 2.20 bits per heavy atom. The Kier molecular flexibility index (Phi) is 4.53. The molecule has 0 fully saturated rings. The minimum Gasteiger partial charge on any atom is -0.271 e. The van der Waals surface area contributed by atoms with Gasteiger partial charge in [-0.25, -0.2) is 0 Å². The molecular formula is C13H20N2. The van der Waals surface area contributed by atoms with Gasteiger partial charge in [0.05, 0.1) is 0 Å². The first-order valence-electron chi connectivity index (χ1n) is 5.33. The maximum absolute atomic E-state index is 5.58. The van der Waals surface area contributed by atoms with Gasteiger partial charge in [-0.05, 0) is 43.4 Å². The molecule has 0 aliphatic rings. The highest BCUT2D eigenvalue weighted by Crippen LogP contribution is 2.23. The topological polar surface area (TPSA) is 38.0 Å². The van der Waals surface area contributed by atoms with Gasteiger partial charge in [0.25, 0.3) is 0 Å². The van der Waals surface area contributed by atoms with Crippen LogP contribution in [0.4, 0.5) is 0 Å². The van der Waals surface area contributed by atoms with E-state index in [4.69, 9.17) is 5.84 Å². The van der Waals surface area contributed by atoms with Crippen LogP contribution in [0.1, 0.15) is 35.6 Å². The fourth-order valence-electron chi connectivity index (χ4n) is 1.76. The van der Waals surface area contributed by atoms with E-state index in [0.717, 1.165) is 12.8 Å². The van der Waals surface area contributed by atoms with Crippen LogP contribution in [0.3, 0.4) is 0 Å². The van der Waals surface area contributed by atoms with Crippen LogP contribution in [0.15, 0.2) is 30.9 Å². The molecule has 1 unspecified atom stereocenters. The Morgan fingerprint density at radius 1 is 1.47 bits per heavy atom. The predicted octanol–water partition coefficient (Wildman–Crippen LogP) is 2.77. The molecule has 1 rings (SSSR count). The van der Waals surface area contributed by atoms with Gasteiger partial charge in [0.15, 0.2) is 0 Å². The molecular weight excluding hydrogens is 184 g/mol. The van der Waals surface area contributed by atoms with Crippen LogP contribution < -0.4 is 11.3 Å². The molecule has 3 N–H and O–H groups in total. The monoisotopic (exact) mass is 204 g/mol. The summed E-state index contributed by atoms with van der Waals surface area (Å²) < 4.78 is 0. The molecule has 0 saturated heterocycles. The third kappa shape index (κ3) is 2.91. The van der Waals surface area contributed by atoms with Gasteiger partial charge in [-0.1, -0.05) is 24.3 Å². The van der Waals surface area contributed by atoms with Gasteiger partial charge >= 0.3 is 0 Å². The summed E-state index contributed by atoms with van der Waals surface area (Å²) in [5, 5.41) is 0. The second kappa shape index (κ2) is 5.69. The lowest BCUT2D eigenvalue weighted by molar-refractivity contribution is 0.518. The molecule has 0 aromatic heterocycles. The summed E-state index contributed by atoms with van der Waals surface area (Å²) in [6, 6.07) is 6.56. The molecule has 0 radical (unpaired) electrons. The fraction of sp³-hybridized carbons (Fsp3) is 0.385. The highest BCUT2D eigenvalue weighted by Gasteiger charge is 2.11. The molecule has 0 bridgehead atoms. The lowest BCUT2D eigenvalue weighted by Crippen LogP contribution is -2.28. The van der Waals surface area contributed by atoms with Gasteiger partial charge in [0.1, 0.15) is 0 Å². The van der Waals surface area contributed by atoms with Crippen molar-refractivity contribution in [3.63, 3.8) is 0 Å². The van der Waals surface area contributed by atoms with E-state index in [1.165, 1.54) is 16.7 Å². The van der Waals surface area contributed by atoms with Gasteiger partial charge in [0.2, 0.25) is 0 Å². The molecule has 82 valence electrons. The summed E-state index contributed by atoms with van der Waals surface area (Å²) in [5.74, 6) is 5.58. The summed E-state index contributed by atoms with van der Waals surface area (Å²) in [6.45, 7) is 8.00. The predicted molar refractivity (Wildman–Crippen MR) is 65.4 cm³/mol. The van der Waals surface area contributed by atoms with Gasteiger partial charge in [-0.3, -0.25) is 11.3 Å². The Bertz CT molecular complexity index is 331. The van der Waals surface area contributed by atoms with Crippen molar-refractivity contribution >= 4 is 0 Å². The van der Waals surface area contributed by atoms with E-state index in [9.17, 15) is 0 Å². The average molecular weight is 204 g/mol. The Labute approximate surface area is 92.2 Å². The van der Waals surface area contributed by atoms with E-state index >= 15 is 0 Å². The van der Waals surface area contributed by atoms with E-state index < -0.39 is 0 Å². The highest BCUT2D eigenvalue weighted by molar-refractivity contribution is 5.35. The van der Waals surface area contributed by atoms with Gasteiger partial charge in [-0.15, -0.1) is 6.58 Å². The summed E-state index contributed by atoms with van der Waals surface area (Å²) >= 11 is 0. The smallest absolute Gasteiger partial charge is 0.0465 e. The molecule has 1 aromatic carbocycles. The van der Waals surface area contributed by atoms with Crippen LogP contribution in [-0.2, 0) is 0 Å².